The maximum Gasteiger partial charge on any atom is 0.233 e. The van der Waals surface area contributed by atoms with Crippen LogP contribution in [0.3, 0.4) is 0 Å². The molecule has 1 aliphatic heterocycles. The van der Waals surface area contributed by atoms with Crippen LogP contribution < -0.4 is 0 Å². The van der Waals surface area contributed by atoms with Gasteiger partial charge < -0.3 is 9.42 Å². The average molecular weight is 334 g/mol. The number of hydrogen-bond acceptors (Lipinski definition) is 5. The molecule has 0 spiro atoms. The van der Waals surface area contributed by atoms with Crippen LogP contribution in [0.4, 0.5) is 0 Å². The Bertz CT molecular complexity index is 720. The molecule has 0 saturated carbocycles. The number of nitrogens with zero attached hydrogens (tertiary/aromatic N) is 3. The Hall–Kier alpha value is -2.21. The molecule has 6 nitrogen and oxygen atoms in total. The van der Waals surface area contributed by atoms with Crippen LogP contribution in [0.1, 0.15) is 40.8 Å². The molecule has 1 aromatic carbocycles. The van der Waals surface area contributed by atoms with Gasteiger partial charge in [0.2, 0.25) is 11.8 Å². The first-order chi connectivity index (χ1) is 11.0. The summed E-state index contributed by atoms with van der Waals surface area (Å²) >= 11 is 5.79. The van der Waals surface area contributed by atoms with Gasteiger partial charge in [-0.05, 0) is 31.2 Å². The molecule has 0 bridgehead atoms. The van der Waals surface area contributed by atoms with E-state index in [1.54, 1.807) is 36.1 Å². The first kappa shape index (κ1) is 15.7. The lowest BCUT2D eigenvalue weighted by molar-refractivity contribution is -0.135. The average Bonchev–Trinajstić information content (AvgIpc) is 2.90. The Morgan fingerprint density at radius 1 is 1.26 bits per heavy atom. The van der Waals surface area contributed by atoms with E-state index in [0.29, 0.717) is 35.4 Å². The molecule has 2 aromatic rings. The van der Waals surface area contributed by atoms with Crippen molar-refractivity contribution in [2.45, 2.75) is 25.7 Å². The highest BCUT2D eigenvalue weighted by atomic mass is 35.5. The van der Waals surface area contributed by atoms with Crippen molar-refractivity contribution in [3.05, 3.63) is 46.6 Å². The molecule has 1 saturated heterocycles. The van der Waals surface area contributed by atoms with Crippen molar-refractivity contribution >= 4 is 23.3 Å². The van der Waals surface area contributed by atoms with E-state index in [9.17, 15) is 9.59 Å². The van der Waals surface area contributed by atoms with Crippen molar-refractivity contribution in [3.8, 4) is 0 Å². The molecule has 0 atom stereocenters. The normalized spacial score (nSPS) is 14.6. The number of Topliss-reactive ketones (excluding diaryl/α,β-unsaturated/α-hetero) is 1. The van der Waals surface area contributed by atoms with E-state index in [1.165, 1.54) is 0 Å². The summed E-state index contributed by atoms with van der Waals surface area (Å²) in [6, 6.07) is 6.69. The summed E-state index contributed by atoms with van der Waals surface area (Å²) in [5, 5.41) is 4.33. The van der Waals surface area contributed by atoms with E-state index in [2.05, 4.69) is 10.1 Å². The zero-order valence-corrected chi connectivity index (χ0v) is 13.4. The van der Waals surface area contributed by atoms with E-state index in [0.717, 1.165) is 0 Å². The van der Waals surface area contributed by atoms with E-state index in [1.807, 2.05) is 0 Å². The maximum atomic E-state index is 12.1. The number of ketones is 1. The number of halogens is 1. The molecule has 0 N–H and O–H groups in total. The smallest absolute Gasteiger partial charge is 0.233 e. The number of rotatable bonds is 5. The van der Waals surface area contributed by atoms with Gasteiger partial charge in [0, 0.05) is 36.5 Å². The molecule has 7 heteroatoms. The minimum atomic E-state index is -0.0559. The molecule has 0 unspecified atom stereocenters. The monoisotopic (exact) mass is 333 g/mol. The van der Waals surface area contributed by atoms with Crippen molar-refractivity contribution in [2.24, 2.45) is 0 Å². The lowest BCUT2D eigenvalue weighted by atomic mass is 9.98. The molecule has 1 aromatic heterocycles. The molecular weight excluding hydrogens is 318 g/mol. The number of amides is 1. The molecule has 1 amide bonds. The summed E-state index contributed by atoms with van der Waals surface area (Å²) in [5.74, 6) is 1.19. The number of aryl methyl sites for hydroxylation is 1. The van der Waals surface area contributed by atoms with Crippen LogP contribution in [0.5, 0.6) is 0 Å². The summed E-state index contributed by atoms with van der Waals surface area (Å²) in [6.45, 7) is 2.89. The molecule has 0 aliphatic carbocycles. The van der Waals surface area contributed by atoms with Crippen molar-refractivity contribution in [1.29, 1.82) is 0 Å². The summed E-state index contributed by atoms with van der Waals surface area (Å²) in [7, 11) is 0. The van der Waals surface area contributed by atoms with Gasteiger partial charge in [0.15, 0.2) is 11.6 Å². The molecule has 3 rings (SSSR count). The molecule has 0 radical (unpaired) electrons. The van der Waals surface area contributed by atoms with E-state index in [-0.39, 0.29) is 30.4 Å². The summed E-state index contributed by atoms with van der Waals surface area (Å²) in [6.07, 6.45) is 0.401. The largest absolute Gasteiger partial charge is 0.341 e. The van der Waals surface area contributed by atoms with Gasteiger partial charge in [-0.25, -0.2) is 0 Å². The Kier molecular flexibility index (Phi) is 4.43. The van der Waals surface area contributed by atoms with Gasteiger partial charge in [-0.2, -0.15) is 4.98 Å². The summed E-state index contributed by atoms with van der Waals surface area (Å²) < 4.78 is 5.10. The number of benzene rings is 1. The molecular formula is C16H16ClN3O3. The molecule has 2 heterocycles. The summed E-state index contributed by atoms with van der Waals surface area (Å²) in [5.41, 5.74) is 0.574. The highest BCUT2D eigenvalue weighted by Gasteiger charge is 2.35. The minimum absolute atomic E-state index is 0.0280. The Morgan fingerprint density at radius 2 is 1.96 bits per heavy atom. The predicted octanol–water partition coefficient (Wildman–Crippen LogP) is 2.62. The van der Waals surface area contributed by atoms with Crippen LogP contribution in [-0.2, 0) is 4.79 Å². The van der Waals surface area contributed by atoms with Crippen molar-refractivity contribution < 1.29 is 14.1 Å². The first-order valence-corrected chi connectivity index (χ1v) is 7.77. The first-order valence-electron chi connectivity index (χ1n) is 7.39. The number of likely N-dealkylation sites (tertiary alicyclic amines) is 1. The van der Waals surface area contributed by atoms with Crippen molar-refractivity contribution in [3.63, 3.8) is 0 Å². The molecule has 1 aliphatic rings. The number of hydrogen-bond donors (Lipinski definition) is 0. The maximum absolute atomic E-state index is 12.1. The zero-order chi connectivity index (χ0) is 16.4. The van der Waals surface area contributed by atoms with Crippen molar-refractivity contribution in [1.82, 2.24) is 15.0 Å². The highest BCUT2D eigenvalue weighted by molar-refractivity contribution is 6.30. The lowest BCUT2D eigenvalue weighted by Gasteiger charge is -2.37. The second kappa shape index (κ2) is 6.50. The van der Waals surface area contributed by atoms with Crippen LogP contribution in [0.15, 0.2) is 28.8 Å². The zero-order valence-electron chi connectivity index (χ0n) is 12.7. The van der Waals surface area contributed by atoms with Crippen LogP contribution in [-0.4, -0.2) is 39.8 Å². The Balaban J connectivity index is 1.45. The molecule has 1 fully saturated rings. The topological polar surface area (TPSA) is 76.3 Å². The Morgan fingerprint density at radius 3 is 2.57 bits per heavy atom. The number of carbonyl (C=O) groups excluding carboxylic acids is 2. The quantitative estimate of drug-likeness (QED) is 0.786. The van der Waals surface area contributed by atoms with Gasteiger partial charge in [-0.1, -0.05) is 16.8 Å². The third-order valence-corrected chi connectivity index (χ3v) is 4.11. The third kappa shape index (κ3) is 3.59. The third-order valence-electron chi connectivity index (χ3n) is 3.86. The fourth-order valence-corrected chi connectivity index (χ4v) is 2.60. The number of aromatic nitrogens is 2. The predicted molar refractivity (Wildman–Crippen MR) is 83.4 cm³/mol. The van der Waals surface area contributed by atoms with Gasteiger partial charge in [0.25, 0.3) is 0 Å². The van der Waals surface area contributed by atoms with Gasteiger partial charge in [-0.3, -0.25) is 9.59 Å². The standard InChI is InChI=1S/C16H16ClN3O3/c1-10-18-16(23-19-10)12-8-20(9-12)15(22)7-6-14(21)11-2-4-13(17)5-3-11/h2-5,12H,6-9H2,1H3. The van der Waals surface area contributed by atoms with Gasteiger partial charge >= 0.3 is 0 Å². The van der Waals surface area contributed by atoms with Gasteiger partial charge in [0.05, 0.1) is 5.92 Å². The fraction of sp³-hybridized carbons (Fsp3) is 0.375. The van der Waals surface area contributed by atoms with E-state index < -0.39 is 0 Å². The van der Waals surface area contributed by atoms with Gasteiger partial charge in [0.1, 0.15) is 0 Å². The number of carbonyl (C=O) groups is 2. The van der Waals surface area contributed by atoms with E-state index >= 15 is 0 Å². The molecule has 120 valence electrons. The Labute approximate surface area is 138 Å². The minimum Gasteiger partial charge on any atom is -0.341 e. The summed E-state index contributed by atoms with van der Waals surface area (Å²) in [4.78, 5) is 30.0. The lowest BCUT2D eigenvalue weighted by Crippen LogP contribution is -2.48. The highest BCUT2D eigenvalue weighted by Crippen LogP contribution is 2.26. The van der Waals surface area contributed by atoms with Crippen LogP contribution in [0.25, 0.3) is 0 Å². The van der Waals surface area contributed by atoms with Crippen LogP contribution in [0.2, 0.25) is 5.02 Å². The van der Waals surface area contributed by atoms with E-state index in [4.69, 9.17) is 16.1 Å². The second-order valence-electron chi connectivity index (χ2n) is 5.61. The molecule has 23 heavy (non-hydrogen) atoms. The second-order valence-corrected chi connectivity index (χ2v) is 6.04. The van der Waals surface area contributed by atoms with Crippen LogP contribution >= 0.6 is 11.6 Å². The SMILES string of the molecule is Cc1noc(C2CN(C(=O)CCC(=O)c3ccc(Cl)cc3)C2)n1. The van der Waals surface area contributed by atoms with Crippen LogP contribution in [0, 0.1) is 6.92 Å². The fourth-order valence-electron chi connectivity index (χ4n) is 2.48. The van der Waals surface area contributed by atoms with Crippen molar-refractivity contribution in [2.75, 3.05) is 13.1 Å². The van der Waals surface area contributed by atoms with Gasteiger partial charge in [-0.15, -0.1) is 0 Å².